The fraction of sp³-hybridized carbons (Fsp3) is 0.500. The van der Waals surface area contributed by atoms with Gasteiger partial charge in [-0.05, 0) is 48.1 Å². The number of rotatable bonds is 17. The lowest BCUT2D eigenvalue weighted by molar-refractivity contribution is -0.128. The quantitative estimate of drug-likeness (QED) is 0.194. The van der Waals surface area contributed by atoms with E-state index in [4.69, 9.17) is 4.74 Å². The van der Waals surface area contributed by atoms with E-state index < -0.39 is 34.1 Å². The van der Waals surface area contributed by atoms with Gasteiger partial charge in [0.25, 0.3) is 0 Å². The average molecular weight is 702 g/mol. The normalized spacial score (nSPS) is 15.8. The standard InChI is InChI=1S/C34H47N5O7S2/c1-23(2)18-38(48(44,45)28-13-11-27(46-5)12-14-28)20-30(41)29(17-25-9-7-6-8-10-25)36-33(42)32(24(3)4)39-16-15-37(34(39)43)19-26-22-47-31(21-40)35-26/h6-14,22-24,29-30,32,40-41H,15-21H2,1-5H3,(H,36,42)/t29-,30-,32-/m0/s1. The Morgan fingerprint density at radius 1 is 1.06 bits per heavy atom. The Hall–Kier alpha value is -3.56. The van der Waals surface area contributed by atoms with Crippen molar-refractivity contribution in [2.45, 2.75) is 70.4 Å². The van der Waals surface area contributed by atoms with E-state index in [0.717, 1.165) is 5.56 Å². The molecule has 1 fully saturated rings. The number of aromatic nitrogens is 1. The van der Waals surface area contributed by atoms with Crippen molar-refractivity contribution in [3.05, 3.63) is 76.2 Å². The molecule has 1 aromatic heterocycles. The van der Waals surface area contributed by atoms with Crippen LogP contribution in [-0.2, 0) is 34.4 Å². The predicted molar refractivity (Wildman–Crippen MR) is 184 cm³/mol. The number of hydrogen-bond acceptors (Lipinski definition) is 9. The Balaban J connectivity index is 1.56. The molecule has 4 rings (SSSR count). The zero-order valence-corrected chi connectivity index (χ0v) is 29.8. The molecule has 0 unspecified atom stereocenters. The summed E-state index contributed by atoms with van der Waals surface area (Å²) in [4.78, 5) is 35.2. The summed E-state index contributed by atoms with van der Waals surface area (Å²) in [5.41, 5.74) is 1.52. The number of sulfonamides is 1. The van der Waals surface area contributed by atoms with Crippen LogP contribution in [0, 0.1) is 11.8 Å². The topological polar surface area (TPSA) is 153 Å². The SMILES string of the molecule is COc1ccc(S(=O)(=O)N(CC(C)C)C[C@H](O)[C@H](Cc2ccccc2)NC(=O)[C@H](C(C)C)N2CCN(Cc3csc(CO)n3)C2=O)cc1. The summed E-state index contributed by atoms with van der Waals surface area (Å²) < 4.78 is 34.1. The highest BCUT2D eigenvalue weighted by molar-refractivity contribution is 7.89. The van der Waals surface area contributed by atoms with Crippen LogP contribution in [0.1, 0.15) is 44.0 Å². The third kappa shape index (κ3) is 9.32. The molecule has 0 saturated carbocycles. The molecule has 1 saturated heterocycles. The van der Waals surface area contributed by atoms with E-state index in [1.54, 1.807) is 27.3 Å². The number of hydrogen-bond donors (Lipinski definition) is 3. The molecular formula is C34H47N5O7S2. The second kappa shape index (κ2) is 16.7. The van der Waals surface area contributed by atoms with Gasteiger partial charge in [-0.3, -0.25) is 4.79 Å². The van der Waals surface area contributed by atoms with Crippen LogP contribution in [0.2, 0.25) is 0 Å². The van der Waals surface area contributed by atoms with Crippen molar-refractivity contribution in [3.8, 4) is 5.75 Å². The zero-order chi connectivity index (χ0) is 35.0. The van der Waals surface area contributed by atoms with Gasteiger partial charge in [-0.2, -0.15) is 4.31 Å². The summed E-state index contributed by atoms with van der Waals surface area (Å²) >= 11 is 1.32. The number of aliphatic hydroxyl groups is 2. The average Bonchev–Trinajstić information content (AvgIpc) is 3.66. The molecule has 3 atom stereocenters. The number of thiazole rings is 1. The molecule has 262 valence electrons. The largest absolute Gasteiger partial charge is 0.497 e. The number of methoxy groups -OCH3 is 1. The summed E-state index contributed by atoms with van der Waals surface area (Å²) in [7, 11) is -2.50. The lowest BCUT2D eigenvalue weighted by atomic mass is 9.97. The molecule has 0 bridgehead atoms. The first kappa shape index (κ1) is 37.3. The van der Waals surface area contributed by atoms with Gasteiger partial charge in [0.2, 0.25) is 15.9 Å². The third-order valence-electron chi connectivity index (χ3n) is 8.20. The second-order valence-electron chi connectivity index (χ2n) is 12.7. The van der Waals surface area contributed by atoms with Gasteiger partial charge < -0.3 is 30.1 Å². The van der Waals surface area contributed by atoms with Crippen molar-refractivity contribution in [1.29, 1.82) is 0 Å². The number of nitrogens with one attached hydrogen (secondary N) is 1. The molecule has 1 aliphatic heterocycles. The Morgan fingerprint density at radius 3 is 2.33 bits per heavy atom. The van der Waals surface area contributed by atoms with E-state index in [0.29, 0.717) is 29.5 Å². The van der Waals surface area contributed by atoms with Gasteiger partial charge in [-0.1, -0.05) is 58.0 Å². The highest BCUT2D eigenvalue weighted by atomic mass is 32.2. The first-order valence-electron chi connectivity index (χ1n) is 16.1. The number of nitrogens with zero attached hydrogens (tertiary/aromatic N) is 4. The summed E-state index contributed by atoms with van der Waals surface area (Å²) in [6, 6.07) is 13.5. The van der Waals surface area contributed by atoms with Crippen LogP contribution in [0.4, 0.5) is 4.79 Å². The molecule has 2 aromatic carbocycles. The van der Waals surface area contributed by atoms with E-state index in [2.05, 4.69) is 10.3 Å². The lowest BCUT2D eigenvalue weighted by Crippen LogP contribution is -2.57. The van der Waals surface area contributed by atoms with Crippen molar-refractivity contribution < 1.29 is 33.0 Å². The van der Waals surface area contributed by atoms with Crippen LogP contribution in [0.25, 0.3) is 0 Å². The summed E-state index contributed by atoms with van der Waals surface area (Å²) in [6.07, 6.45) is -1.03. The Morgan fingerprint density at radius 2 is 1.75 bits per heavy atom. The van der Waals surface area contributed by atoms with E-state index in [1.165, 1.54) is 34.9 Å². The fourth-order valence-corrected chi connectivity index (χ4v) is 8.10. The van der Waals surface area contributed by atoms with Crippen LogP contribution in [-0.4, -0.2) is 101 Å². The van der Waals surface area contributed by atoms with Gasteiger partial charge in [0.15, 0.2) is 0 Å². The van der Waals surface area contributed by atoms with Gasteiger partial charge in [-0.25, -0.2) is 18.2 Å². The van der Waals surface area contributed by atoms with Crippen molar-refractivity contribution in [2.75, 3.05) is 33.3 Å². The molecule has 12 nitrogen and oxygen atoms in total. The van der Waals surface area contributed by atoms with Crippen molar-refractivity contribution in [1.82, 2.24) is 24.4 Å². The smallest absolute Gasteiger partial charge is 0.321 e. The fourth-order valence-electron chi connectivity index (χ4n) is 5.83. The van der Waals surface area contributed by atoms with Gasteiger partial charge in [0.1, 0.15) is 16.8 Å². The molecule has 3 amide bonds. The molecule has 3 N–H and O–H groups in total. The van der Waals surface area contributed by atoms with E-state index in [1.807, 2.05) is 58.0 Å². The van der Waals surface area contributed by atoms with Crippen LogP contribution in [0.5, 0.6) is 5.75 Å². The highest BCUT2D eigenvalue weighted by Gasteiger charge is 2.40. The predicted octanol–water partition coefficient (Wildman–Crippen LogP) is 3.34. The molecule has 3 aromatic rings. The highest BCUT2D eigenvalue weighted by Crippen LogP contribution is 2.24. The maximum atomic E-state index is 14.1. The van der Waals surface area contributed by atoms with E-state index in [-0.39, 0.29) is 55.4 Å². The van der Waals surface area contributed by atoms with Crippen LogP contribution >= 0.6 is 11.3 Å². The number of carbonyl (C=O) groups is 2. The number of amides is 3. The number of urea groups is 1. The third-order valence-corrected chi connectivity index (χ3v) is 10.9. The van der Waals surface area contributed by atoms with Gasteiger partial charge >= 0.3 is 6.03 Å². The summed E-state index contributed by atoms with van der Waals surface area (Å²) in [5.74, 6) is -0.198. The van der Waals surface area contributed by atoms with Crippen molar-refractivity contribution in [2.24, 2.45) is 11.8 Å². The first-order valence-corrected chi connectivity index (χ1v) is 18.4. The van der Waals surface area contributed by atoms with Crippen LogP contribution in [0.3, 0.4) is 0 Å². The minimum Gasteiger partial charge on any atom is -0.497 e. The molecule has 0 radical (unpaired) electrons. The van der Waals surface area contributed by atoms with Crippen molar-refractivity contribution in [3.63, 3.8) is 0 Å². The maximum absolute atomic E-state index is 14.1. The lowest BCUT2D eigenvalue weighted by Gasteiger charge is -2.34. The molecule has 1 aliphatic rings. The summed E-state index contributed by atoms with van der Waals surface area (Å²) in [5, 5.41) is 26.5. The van der Waals surface area contributed by atoms with Gasteiger partial charge in [0, 0.05) is 31.6 Å². The monoisotopic (exact) mass is 701 g/mol. The number of ether oxygens (including phenoxy) is 1. The summed E-state index contributed by atoms with van der Waals surface area (Å²) in [6.45, 7) is 8.27. The molecule has 0 aliphatic carbocycles. The maximum Gasteiger partial charge on any atom is 0.321 e. The molecule has 2 heterocycles. The first-order chi connectivity index (χ1) is 22.8. The van der Waals surface area contributed by atoms with Crippen LogP contribution in [0.15, 0.2) is 64.9 Å². The zero-order valence-electron chi connectivity index (χ0n) is 28.2. The van der Waals surface area contributed by atoms with E-state index >= 15 is 0 Å². The van der Waals surface area contributed by atoms with Gasteiger partial charge in [-0.15, -0.1) is 11.3 Å². The minimum absolute atomic E-state index is 0.0404. The Labute approximate surface area is 287 Å². The number of benzene rings is 2. The van der Waals surface area contributed by atoms with Crippen LogP contribution < -0.4 is 10.1 Å². The van der Waals surface area contributed by atoms with E-state index in [9.17, 15) is 28.2 Å². The molecular weight excluding hydrogens is 655 g/mol. The molecule has 0 spiro atoms. The number of carbonyl (C=O) groups excluding carboxylic acids is 2. The second-order valence-corrected chi connectivity index (χ2v) is 15.6. The molecule has 14 heteroatoms. The number of aliphatic hydroxyl groups excluding tert-OH is 2. The Kier molecular flexibility index (Phi) is 13.0. The Bertz CT molecular complexity index is 1600. The van der Waals surface area contributed by atoms with Gasteiger partial charge in [0.05, 0.1) is 43.0 Å². The van der Waals surface area contributed by atoms with Crippen molar-refractivity contribution >= 4 is 33.3 Å². The minimum atomic E-state index is -4.01. The molecule has 48 heavy (non-hydrogen) atoms.